The minimum absolute atomic E-state index is 0.169. The van der Waals surface area contributed by atoms with E-state index < -0.39 is 18.1 Å². The van der Waals surface area contributed by atoms with E-state index in [0.29, 0.717) is 6.61 Å². The maximum atomic E-state index is 11.4. The van der Waals surface area contributed by atoms with Crippen molar-refractivity contribution in [2.24, 2.45) is 0 Å². The molecule has 0 unspecified atom stereocenters. The van der Waals surface area contributed by atoms with Crippen molar-refractivity contribution in [2.45, 2.75) is 26.5 Å². The van der Waals surface area contributed by atoms with Crippen molar-refractivity contribution < 1.29 is 19.1 Å². The Labute approximate surface area is 112 Å². The SMILES string of the molecule is CCOC(=O)[C@@H](C)NNC(=O)OCc1ccccc1. The van der Waals surface area contributed by atoms with Gasteiger partial charge in [-0.15, -0.1) is 0 Å². The zero-order valence-corrected chi connectivity index (χ0v) is 11.0. The Kier molecular flexibility index (Phi) is 6.38. The molecule has 0 aliphatic heterocycles. The summed E-state index contributed by atoms with van der Waals surface area (Å²) in [4.78, 5) is 22.6. The van der Waals surface area contributed by atoms with Crippen LogP contribution in [-0.2, 0) is 20.9 Å². The third-order valence-corrected chi connectivity index (χ3v) is 2.24. The number of ether oxygens (including phenoxy) is 2. The lowest BCUT2D eigenvalue weighted by Crippen LogP contribution is -2.47. The largest absolute Gasteiger partial charge is 0.465 e. The van der Waals surface area contributed by atoms with Crippen molar-refractivity contribution in [3.8, 4) is 0 Å². The first-order valence-electron chi connectivity index (χ1n) is 6.02. The van der Waals surface area contributed by atoms with Gasteiger partial charge in [-0.3, -0.25) is 10.2 Å². The van der Waals surface area contributed by atoms with Gasteiger partial charge in [0.25, 0.3) is 0 Å². The van der Waals surface area contributed by atoms with E-state index in [1.807, 2.05) is 30.3 Å². The summed E-state index contributed by atoms with van der Waals surface area (Å²) in [6, 6.07) is 8.66. The van der Waals surface area contributed by atoms with Gasteiger partial charge in [0.2, 0.25) is 0 Å². The molecule has 1 atom stereocenters. The molecule has 0 spiro atoms. The number of nitrogens with one attached hydrogen (secondary N) is 2. The molecule has 0 aliphatic rings. The molecule has 1 amide bonds. The molecule has 104 valence electrons. The van der Waals surface area contributed by atoms with Crippen LogP contribution in [0.4, 0.5) is 4.79 Å². The number of amides is 1. The maximum absolute atomic E-state index is 11.4. The summed E-state index contributed by atoms with van der Waals surface area (Å²) in [6.45, 7) is 3.76. The van der Waals surface area contributed by atoms with Crippen LogP contribution in [0.25, 0.3) is 0 Å². The number of esters is 1. The van der Waals surface area contributed by atoms with Crippen molar-refractivity contribution >= 4 is 12.1 Å². The molecule has 0 heterocycles. The second kappa shape index (κ2) is 8.10. The summed E-state index contributed by atoms with van der Waals surface area (Å²) < 4.78 is 9.73. The molecular weight excluding hydrogens is 248 g/mol. The van der Waals surface area contributed by atoms with Crippen LogP contribution in [0.3, 0.4) is 0 Å². The van der Waals surface area contributed by atoms with Gasteiger partial charge in [0.1, 0.15) is 12.6 Å². The fourth-order valence-corrected chi connectivity index (χ4v) is 1.25. The van der Waals surface area contributed by atoms with Crippen LogP contribution in [-0.4, -0.2) is 24.7 Å². The lowest BCUT2D eigenvalue weighted by atomic mass is 10.2. The van der Waals surface area contributed by atoms with Crippen LogP contribution in [0.1, 0.15) is 19.4 Å². The summed E-state index contributed by atoms with van der Waals surface area (Å²) >= 11 is 0. The Morgan fingerprint density at radius 3 is 2.53 bits per heavy atom. The molecule has 19 heavy (non-hydrogen) atoms. The normalized spacial score (nSPS) is 11.5. The van der Waals surface area contributed by atoms with Gasteiger partial charge in [-0.25, -0.2) is 10.2 Å². The van der Waals surface area contributed by atoms with Crippen molar-refractivity contribution in [3.05, 3.63) is 35.9 Å². The highest BCUT2D eigenvalue weighted by molar-refractivity contribution is 5.76. The minimum Gasteiger partial charge on any atom is -0.465 e. The lowest BCUT2D eigenvalue weighted by Gasteiger charge is -2.13. The number of benzene rings is 1. The van der Waals surface area contributed by atoms with Crippen molar-refractivity contribution in [1.82, 2.24) is 10.9 Å². The predicted octanol–water partition coefficient (Wildman–Crippen LogP) is 1.37. The Bertz CT molecular complexity index is 408. The third kappa shape index (κ3) is 5.87. The average molecular weight is 266 g/mol. The highest BCUT2D eigenvalue weighted by Gasteiger charge is 2.14. The number of carbonyl (C=O) groups is 2. The molecule has 0 saturated carbocycles. The van der Waals surface area contributed by atoms with Gasteiger partial charge in [-0.1, -0.05) is 30.3 Å². The Morgan fingerprint density at radius 2 is 1.89 bits per heavy atom. The van der Waals surface area contributed by atoms with Crippen LogP contribution in [0.2, 0.25) is 0 Å². The molecule has 0 bridgehead atoms. The second-order valence-corrected chi connectivity index (χ2v) is 3.80. The van der Waals surface area contributed by atoms with Crippen molar-refractivity contribution in [1.29, 1.82) is 0 Å². The smallest absolute Gasteiger partial charge is 0.421 e. The van der Waals surface area contributed by atoms with Gasteiger partial charge in [-0.05, 0) is 19.4 Å². The fraction of sp³-hybridized carbons (Fsp3) is 0.385. The zero-order valence-electron chi connectivity index (χ0n) is 11.0. The first-order valence-corrected chi connectivity index (χ1v) is 6.02. The zero-order chi connectivity index (χ0) is 14.1. The molecule has 0 aliphatic carbocycles. The summed E-state index contributed by atoms with van der Waals surface area (Å²) in [5.74, 6) is -0.439. The van der Waals surface area contributed by atoms with Crippen molar-refractivity contribution in [3.63, 3.8) is 0 Å². The summed E-state index contributed by atoms with van der Waals surface area (Å²) in [5, 5.41) is 0. The van der Waals surface area contributed by atoms with Crippen LogP contribution >= 0.6 is 0 Å². The Balaban J connectivity index is 2.23. The number of hydrogen-bond acceptors (Lipinski definition) is 5. The third-order valence-electron chi connectivity index (χ3n) is 2.24. The summed E-state index contributed by atoms with van der Waals surface area (Å²) in [7, 11) is 0. The molecule has 0 fully saturated rings. The van der Waals surface area contributed by atoms with E-state index in [9.17, 15) is 9.59 Å². The van der Waals surface area contributed by atoms with E-state index in [2.05, 4.69) is 10.9 Å². The Morgan fingerprint density at radius 1 is 1.21 bits per heavy atom. The number of carbonyl (C=O) groups excluding carboxylic acids is 2. The first kappa shape index (κ1) is 15.0. The van der Waals surface area contributed by atoms with E-state index in [1.54, 1.807) is 13.8 Å². The van der Waals surface area contributed by atoms with E-state index in [4.69, 9.17) is 9.47 Å². The van der Waals surface area contributed by atoms with Gasteiger partial charge in [0, 0.05) is 0 Å². The molecule has 1 aromatic carbocycles. The highest BCUT2D eigenvalue weighted by atomic mass is 16.6. The predicted molar refractivity (Wildman–Crippen MR) is 69.0 cm³/mol. The number of hydrogen-bond donors (Lipinski definition) is 2. The quantitative estimate of drug-likeness (QED) is 0.600. The highest BCUT2D eigenvalue weighted by Crippen LogP contribution is 2.00. The molecule has 0 radical (unpaired) electrons. The minimum atomic E-state index is -0.653. The van der Waals surface area contributed by atoms with E-state index in [-0.39, 0.29) is 6.61 Å². The maximum Gasteiger partial charge on any atom is 0.421 e. The molecule has 1 aromatic rings. The molecular formula is C13H18N2O4. The van der Waals surface area contributed by atoms with E-state index >= 15 is 0 Å². The monoisotopic (exact) mass is 266 g/mol. The van der Waals surface area contributed by atoms with Gasteiger partial charge >= 0.3 is 12.1 Å². The van der Waals surface area contributed by atoms with Crippen LogP contribution in [0.5, 0.6) is 0 Å². The standard InChI is InChI=1S/C13H18N2O4/c1-3-18-12(16)10(2)14-15-13(17)19-9-11-7-5-4-6-8-11/h4-8,10,14H,3,9H2,1-2H3,(H,15,17)/t10-/m1/s1. The second-order valence-electron chi connectivity index (χ2n) is 3.80. The molecule has 0 aromatic heterocycles. The topological polar surface area (TPSA) is 76.7 Å². The van der Waals surface area contributed by atoms with Gasteiger partial charge in [0.15, 0.2) is 0 Å². The Hall–Kier alpha value is -2.08. The molecule has 0 saturated heterocycles. The van der Waals surface area contributed by atoms with Crippen LogP contribution in [0, 0.1) is 0 Å². The first-order chi connectivity index (χ1) is 9.13. The van der Waals surface area contributed by atoms with Crippen LogP contribution in [0.15, 0.2) is 30.3 Å². The van der Waals surface area contributed by atoms with Gasteiger partial charge in [0.05, 0.1) is 6.61 Å². The van der Waals surface area contributed by atoms with E-state index in [1.165, 1.54) is 0 Å². The number of hydrazine groups is 1. The number of rotatable bonds is 6. The fourth-order valence-electron chi connectivity index (χ4n) is 1.25. The van der Waals surface area contributed by atoms with Gasteiger partial charge < -0.3 is 9.47 Å². The summed E-state index contributed by atoms with van der Waals surface area (Å²) in [5.41, 5.74) is 5.67. The summed E-state index contributed by atoms with van der Waals surface area (Å²) in [6.07, 6.45) is -0.653. The van der Waals surface area contributed by atoms with Crippen LogP contribution < -0.4 is 10.9 Å². The van der Waals surface area contributed by atoms with E-state index in [0.717, 1.165) is 5.56 Å². The lowest BCUT2D eigenvalue weighted by molar-refractivity contribution is -0.145. The van der Waals surface area contributed by atoms with Gasteiger partial charge in [-0.2, -0.15) is 0 Å². The molecule has 2 N–H and O–H groups in total. The molecule has 6 heteroatoms. The average Bonchev–Trinajstić information content (AvgIpc) is 2.43. The molecule has 1 rings (SSSR count). The van der Waals surface area contributed by atoms with Crippen molar-refractivity contribution in [2.75, 3.05) is 6.61 Å². The molecule has 6 nitrogen and oxygen atoms in total.